The fraction of sp³-hybridized carbons (Fsp3) is 0.333. The molecule has 2 aromatic heterocycles. The number of rotatable bonds is 8. The van der Waals surface area contributed by atoms with E-state index in [4.69, 9.17) is 9.72 Å². The van der Waals surface area contributed by atoms with Crippen molar-refractivity contribution < 1.29 is 4.74 Å². The van der Waals surface area contributed by atoms with Crippen molar-refractivity contribution in [3.05, 3.63) is 60.9 Å². The Bertz CT molecular complexity index is 1210. The predicted octanol–water partition coefficient (Wildman–Crippen LogP) is 5.22. The molecule has 0 radical (unpaired) electrons. The smallest absolute Gasteiger partial charge is 0.143 e. The molecule has 0 atom stereocenters. The van der Waals surface area contributed by atoms with E-state index in [1.807, 2.05) is 26.2 Å². The third kappa shape index (κ3) is 4.31. The molecule has 0 bridgehead atoms. The van der Waals surface area contributed by atoms with Crippen LogP contribution in [-0.4, -0.2) is 60.2 Å². The van der Waals surface area contributed by atoms with Crippen LogP contribution in [0.15, 0.2) is 60.9 Å². The van der Waals surface area contributed by atoms with E-state index in [2.05, 4.69) is 69.3 Å². The average Bonchev–Trinajstić information content (AvgIpc) is 3.18. The summed E-state index contributed by atoms with van der Waals surface area (Å²) in [6.07, 6.45) is 5.39. The second-order valence-corrected chi connectivity index (χ2v) is 9.03. The third-order valence-corrected chi connectivity index (χ3v) is 6.54. The number of ether oxygens (including phenoxy) is 1. The van der Waals surface area contributed by atoms with Gasteiger partial charge in [0.05, 0.1) is 11.1 Å². The first-order valence-corrected chi connectivity index (χ1v) is 11.6. The molecule has 5 rings (SSSR count). The van der Waals surface area contributed by atoms with Gasteiger partial charge in [0.1, 0.15) is 30.1 Å². The van der Waals surface area contributed by atoms with Gasteiger partial charge in [0.25, 0.3) is 0 Å². The van der Waals surface area contributed by atoms with Gasteiger partial charge < -0.3 is 19.5 Å². The van der Waals surface area contributed by atoms with Crippen LogP contribution >= 0.6 is 0 Å². The number of aromatic amines is 1. The molecule has 33 heavy (non-hydrogen) atoms. The largest absolute Gasteiger partial charge is 0.492 e. The van der Waals surface area contributed by atoms with Gasteiger partial charge in [0.15, 0.2) is 0 Å². The van der Waals surface area contributed by atoms with Crippen LogP contribution in [0.3, 0.4) is 0 Å². The number of fused-ring (bicyclic) bond motifs is 1. The van der Waals surface area contributed by atoms with Crippen LogP contribution in [0, 0.1) is 0 Å². The van der Waals surface area contributed by atoms with Crippen LogP contribution in [0.2, 0.25) is 0 Å². The molecular weight excluding hydrogens is 410 g/mol. The van der Waals surface area contributed by atoms with Gasteiger partial charge in [-0.25, -0.2) is 9.97 Å². The Labute approximate surface area is 195 Å². The van der Waals surface area contributed by atoms with E-state index in [9.17, 15) is 0 Å². The van der Waals surface area contributed by atoms with Gasteiger partial charge in [-0.2, -0.15) is 0 Å². The number of benzene rings is 2. The number of anilines is 1. The zero-order chi connectivity index (χ0) is 22.8. The van der Waals surface area contributed by atoms with E-state index in [0.29, 0.717) is 12.6 Å². The van der Waals surface area contributed by atoms with Crippen molar-refractivity contribution in [2.45, 2.75) is 25.3 Å². The number of H-pyrrole nitrogens is 1. The summed E-state index contributed by atoms with van der Waals surface area (Å²) in [7, 11) is 6.26. The summed E-state index contributed by atoms with van der Waals surface area (Å²) in [5.74, 6) is 1.87. The van der Waals surface area contributed by atoms with Gasteiger partial charge >= 0.3 is 0 Å². The summed E-state index contributed by atoms with van der Waals surface area (Å²) in [5.41, 5.74) is 5.33. The molecule has 0 unspecified atom stereocenters. The monoisotopic (exact) mass is 441 g/mol. The molecule has 1 aliphatic rings. The van der Waals surface area contributed by atoms with E-state index < -0.39 is 0 Å². The predicted molar refractivity (Wildman–Crippen MR) is 135 cm³/mol. The van der Waals surface area contributed by atoms with Crippen molar-refractivity contribution in [2.75, 3.05) is 39.2 Å². The highest BCUT2D eigenvalue weighted by molar-refractivity contribution is 6.07. The lowest BCUT2D eigenvalue weighted by Gasteiger charge is -2.35. The van der Waals surface area contributed by atoms with Crippen molar-refractivity contribution in [2.24, 2.45) is 0 Å². The number of hydrogen-bond donors (Lipinski definition) is 1. The zero-order valence-corrected chi connectivity index (χ0v) is 19.6. The Morgan fingerprint density at radius 1 is 0.939 bits per heavy atom. The Morgan fingerprint density at radius 3 is 2.36 bits per heavy atom. The molecule has 2 heterocycles. The summed E-state index contributed by atoms with van der Waals surface area (Å²) in [5, 5.41) is 1.08. The minimum Gasteiger partial charge on any atom is -0.492 e. The van der Waals surface area contributed by atoms with Crippen molar-refractivity contribution in [1.82, 2.24) is 19.9 Å². The summed E-state index contributed by atoms with van der Waals surface area (Å²) in [4.78, 5) is 17.4. The normalized spacial score (nSPS) is 13.9. The lowest BCUT2D eigenvalue weighted by atomic mass is 9.91. The van der Waals surface area contributed by atoms with E-state index in [1.54, 1.807) is 6.33 Å². The topological polar surface area (TPSA) is 57.3 Å². The third-order valence-electron chi connectivity index (χ3n) is 6.54. The van der Waals surface area contributed by atoms with Crippen LogP contribution in [-0.2, 0) is 0 Å². The van der Waals surface area contributed by atoms with Crippen LogP contribution in [0.5, 0.6) is 5.75 Å². The maximum Gasteiger partial charge on any atom is 0.143 e. The molecule has 1 fully saturated rings. The van der Waals surface area contributed by atoms with Gasteiger partial charge in [0.2, 0.25) is 0 Å². The Kier molecular flexibility index (Phi) is 6.01. The molecule has 4 aromatic rings. The summed E-state index contributed by atoms with van der Waals surface area (Å²) in [6, 6.07) is 19.4. The molecular formula is C27H31N5O. The van der Waals surface area contributed by atoms with Crippen LogP contribution < -0.4 is 9.64 Å². The number of nitrogens with zero attached hydrogens (tertiary/aromatic N) is 4. The first kappa shape index (κ1) is 21.5. The molecule has 1 saturated carbocycles. The van der Waals surface area contributed by atoms with Gasteiger partial charge in [-0.05, 0) is 68.8 Å². The van der Waals surface area contributed by atoms with Gasteiger partial charge in [-0.1, -0.05) is 30.3 Å². The van der Waals surface area contributed by atoms with Crippen LogP contribution in [0.4, 0.5) is 5.82 Å². The number of aromatic nitrogens is 3. The molecule has 0 aliphatic heterocycles. The molecule has 0 amide bonds. The highest BCUT2D eigenvalue weighted by Gasteiger charge is 2.27. The van der Waals surface area contributed by atoms with E-state index in [0.717, 1.165) is 51.5 Å². The SMILES string of the molecule is CN(C)CCOc1ccc(-c2[nH]c3ncnc(N(C)C4CCC4)c3c2-c2ccccc2)cc1. The fourth-order valence-electron chi connectivity index (χ4n) is 4.40. The van der Waals surface area contributed by atoms with Crippen LogP contribution in [0.1, 0.15) is 19.3 Å². The van der Waals surface area contributed by atoms with E-state index in [1.165, 1.54) is 19.3 Å². The Balaban J connectivity index is 1.59. The minimum atomic E-state index is 0.545. The zero-order valence-electron chi connectivity index (χ0n) is 19.6. The Morgan fingerprint density at radius 2 is 1.70 bits per heavy atom. The maximum absolute atomic E-state index is 5.90. The average molecular weight is 442 g/mol. The molecule has 0 spiro atoms. The van der Waals surface area contributed by atoms with Crippen molar-refractivity contribution in [1.29, 1.82) is 0 Å². The van der Waals surface area contributed by atoms with E-state index in [-0.39, 0.29) is 0 Å². The molecule has 6 heteroatoms. The van der Waals surface area contributed by atoms with Gasteiger partial charge in [-0.3, -0.25) is 0 Å². The molecule has 0 saturated heterocycles. The maximum atomic E-state index is 5.90. The number of likely N-dealkylation sites (N-methyl/N-ethyl adjacent to an activating group) is 1. The minimum absolute atomic E-state index is 0.545. The fourth-order valence-corrected chi connectivity index (χ4v) is 4.40. The number of nitrogens with one attached hydrogen (secondary N) is 1. The highest BCUT2D eigenvalue weighted by Crippen LogP contribution is 2.42. The first-order valence-electron chi connectivity index (χ1n) is 11.6. The van der Waals surface area contributed by atoms with Crippen molar-refractivity contribution >= 4 is 16.9 Å². The highest BCUT2D eigenvalue weighted by atomic mass is 16.5. The molecule has 6 nitrogen and oxygen atoms in total. The van der Waals surface area contributed by atoms with Gasteiger partial charge in [0, 0.05) is 25.2 Å². The second-order valence-electron chi connectivity index (χ2n) is 9.03. The molecule has 1 N–H and O–H groups in total. The van der Waals surface area contributed by atoms with Crippen molar-refractivity contribution in [3.8, 4) is 28.1 Å². The number of hydrogen-bond acceptors (Lipinski definition) is 5. The van der Waals surface area contributed by atoms with Crippen LogP contribution in [0.25, 0.3) is 33.4 Å². The Hall–Kier alpha value is -3.38. The van der Waals surface area contributed by atoms with Gasteiger partial charge in [-0.15, -0.1) is 0 Å². The molecule has 170 valence electrons. The summed E-state index contributed by atoms with van der Waals surface area (Å²) in [6.45, 7) is 1.55. The molecule has 1 aliphatic carbocycles. The first-order chi connectivity index (χ1) is 16.1. The molecule has 2 aromatic carbocycles. The summed E-state index contributed by atoms with van der Waals surface area (Å²) >= 11 is 0. The van der Waals surface area contributed by atoms with Crippen molar-refractivity contribution in [3.63, 3.8) is 0 Å². The lowest BCUT2D eigenvalue weighted by molar-refractivity contribution is 0.261. The van der Waals surface area contributed by atoms with E-state index >= 15 is 0 Å². The quantitative estimate of drug-likeness (QED) is 0.406. The second kappa shape index (κ2) is 9.24. The lowest BCUT2D eigenvalue weighted by Crippen LogP contribution is -2.37. The summed E-state index contributed by atoms with van der Waals surface area (Å²) < 4.78 is 5.90. The standard InChI is InChI=1S/C27H31N5O/c1-31(2)16-17-33-22-14-12-20(13-15-22)25-23(19-8-5-4-6-9-19)24-26(30-25)28-18-29-27(24)32(3)21-10-7-11-21/h4-6,8-9,12-15,18,21H,7,10-11,16-17H2,1-3H3,(H,28,29,30).